The van der Waals surface area contributed by atoms with Crippen LogP contribution in [-0.4, -0.2) is 28.6 Å². The van der Waals surface area contributed by atoms with Crippen LogP contribution >= 0.6 is 17.0 Å². The molecule has 0 aromatic heterocycles. The van der Waals surface area contributed by atoms with E-state index in [-0.39, 0.29) is 0 Å². The van der Waals surface area contributed by atoms with Crippen molar-refractivity contribution in [3.63, 3.8) is 0 Å². The summed E-state index contributed by atoms with van der Waals surface area (Å²) in [5.41, 5.74) is 11.4. The van der Waals surface area contributed by atoms with Gasteiger partial charge in [0.25, 0.3) is 0 Å². The van der Waals surface area contributed by atoms with Crippen molar-refractivity contribution in [2.45, 2.75) is 118 Å². The Morgan fingerprint density at radius 1 is 0.509 bits per heavy atom. The first-order chi connectivity index (χ1) is 26.2. The van der Waals surface area contributed by atoms with E-state index in [1.807, 2.05) is 0 Å². The van der Waals surface area contributed by atoms with Crippen LogP contribution in [0.1, 0.15) is 75.6 Å². The van der Waals surface area contributed by atoms with E-state index in [2.05, 4.69) is 180 Å². The maximum atomic E-state index is 5.98. The summed E-state index contributed by atoms with van der Waals surface area (Å²) >= 11 is -0.826. The van der Waals surface area contributed by atoms with Gasteiger partial charge >= 0.3 is 37.9 Å². The van der Waals surface area contributed by atoms with Gasteiger partial charge in [-0.05, 0) is 47.9 Å². The molecule has 6 rings (SSSR count). The molecular weight excluding hydrogens is 820 g/mol. The third kappa shape index (κ3) is 14.1. The zero-order valence-corrected chi connectivity index (χ0v) is 41.3. The Balaban J connectivity index is 0.000000227. The second kappa shape index (κ2) is 23.4. The van der Waals surface area contributed by atoms with Crippen LogP contribution in [0.15, 0.2) is 109 Å². The summed E-state index contributed by atoms with van der Waals surface area (Å²) in [5, 5.41) is 5.57. The average Bonchev–Trinajstić information content (AvgIpc) is 3.76. The summed E-state index contributed by atoms with van der Waals surface area (Å²) in [6.45, 7) is 22.7. The summed E-state index contributed by atoms with van der Waals surface area (Å²) in [7, 11) is 13.4. The van der Waals surface area contributed by atoms with Crippen molar-refractivity contribution in [3.8, 4) is 22.3 Å². The van der Waals surface area contributed by atoms with Crippen molar-refractivity contribution in [3.05, 3.63) is 131 Å². The molecule has 290 valence electrons. The number of hydrogen-bond acceptors (Lipinski definition) is 1. The van der Waals surface area contributed by atoms with Gasteiger partial charge in [0.05, 0.1) is 0 Å². The molecule has 55 heavy (non-hydrogen) atoms. The van der Waals surface area contributed by atoms with Crippen molar-refractivity contribution in [2.24, 2.45) is 0 Å². The van der Waals surface area contributed by atoms with Gasteiger partial charge in [-0.15, -0.1) is 69.1 Å². The molecule has 0 N–H and O–H groups in total. The summed E-state index contributed by atoms with van der Waals surface area (Å²) in [6, 6.07) is 40.6. The third-order valence-corrected chi connectivity index (χ3v) is 16.7. The molecule has 0 unspecified atom stereocenters. The predicted molar refractivity (Wildman–Crippen MR) is 252 cm³/mol. The van der Waals surface area contributed by atoms with Gasteiger partial charge in [-0.25, -0.2) is 0 Å². The van der Waals surface area contributed by atoms with Gasteiger partial charge in [-0.2, -0.15) is 12.1 Å². The Hall–Kier alpha value is -1.98. The first kappa shape index (κ1) is 47.4. The molecule has 1 nitrogen and oxygen atoms in total. The number of fused-ring (bicyclic) bond motifs is 2. The van der Waals surface area contributed by atoms with E-state index in [0.717, 1.165) is 12.8 Å². The van der Waals surface area contributed by atoms with E-state index in [0.29, 0.717) is 0 Å². The Morgan fingerprint density at radius 3 is 1.15 bits per heavy atom. The van der Waals surface area contributed by atoms with E-state index >= 15 is 0 Å². The third-order valence-electron chi connectivity index (χ3n) is 9.80. The van der Waals surface area contributed by atoms with Crippen molar-refractivity contribution >= 4 is 63.0 Å². The summed E-state index contributed by atoms with van der Waals surface area (Å²) in [4.78, 5) is 0. The molecule has 0 bridgehead atoms. The summed E-state index contributed by atoms with van der Waals surface area (Å²) in [5.74, 6) is 0. The van der Waals surface area contributed by atoms with Crippen LogP contribution in [0.2, 0.25) is 39.3 Å². The molecule has 0 saturated heterocycles. The second-order valence-electron chi connectivity index (χ2n) is 16.4. The molecule has 0 fully saturated rings. The summed E-state index contributed by atoms with van der Waals surface area (Å²) < 4.78 is 2.15. The van der Waals surface area contributed by atoms with Gasteiger partial charge in [0, 0.05) is 0 Å². The molecule has 7 heteroatoms. The number of benzene rings is 4. The number of aryl methyl sites for hydroxylation is 4. The van der Waals surface area contributed by atoms with Crippen molar-refractivity contribution < 1.29 is 20.8 Å². The molecule has 0 aliphatic carbocycles. The Labute approximate surface area is 357 Å². The number of rotatable bonds is 12. The fourth-order valence-corrected chi connectivity index (χ4v) is 15.5. The number of hydrogen-bond donors (Lipinski definition) is 0. The average molecular weight is 884 g/mol. The predicted octanol–water partition coefficient (Wildman–Crippen LogP) is 15.7. The Morgan fingerprint density at radius 2 is 0.836 bits per heavy atom. The standard InChI is InChI=1S/2C21H23.C6H18BNSi2.2ClH.Zr/c2*1-3-8-16-14-18-11-7-13-20(21(18)15-16)19-12-6-5-10-17(19)9-4-2;1-9(2,3)8(7)10(4,5)6;;;/h2*5-7,10-15H,3-4,8-9H2,1-2H3;1-6H3;2*1H;/q2*-1;;;;+4/p-2. The van der Waals surface area contributed by atoms with Crippen molar-refractivity contribution in [2.75, 3.05) is 0 Å². The van der Waals surface area contributed by atoms with Crippen molar-refractivity contribution in [1.82, 2.24) is 4.14 Å². The van der Waals surface area contributed by atoms with Gasteiger partial charge < -0.3 is 4.14 Å². The zero-order chi connectivity index (χ0) is 40.6. The van der Waals surface area contributed by atoms with E-state index in [9.17, 15) is 0 Å². The number of nitrogens with zero attached hydrogens (tertiary/aromatic N) is 1. The van der Waals surface area contributed by atoms with Gasteiger partial charge in [0.2, 0.25) is 0 Å². The van der Waals surface area contributed by atoms with Gasteiger partial charge in [0.1, 0.15) is 16.5 Å². The van der Waals surface area contributed by atoms with Crippen LogP contribution in [0.4, 0.5) is 0 Å². The van der Waals surface area contributed by atoms with Gasteiger partial charge in [-0.1, -0.05) is 164 Å². The SMILES string of the molecule is CCCc1cc2c(-c3ccccc3CCC)cccc2[cH-]1.CCCc1cc2c(-c3ccccc3CCC)cccc2[cH-]1.[B]N([Si](C)(C)C)[Si](C)(C)C.[Cl][Zr+2][Cl]. The molecule has 0 atom stereocenters. The topological polar surface area (TPSA) is 3.24 Å². The maximum absolute atomic E-state index is 5.98. The minimum atomic E-state index is -1.22. The van der Waals surface area contributed by atoms with Crippen LogP contribution in [0.3, 0.4) is 0 Å². The Kier molecular flexibility index (Phi) is 20.2. The van der Waals surface area contributed by atoms with Gasteiger partial charge in [-0.3, -0.25) is 0 Å². The van der Waals surface area contributed by atoms with E-state index < -0.39 is 37.3 Å². The molecule has 2 radical (unpaired) electrons. The molecule has 6 aromatic rings. The summed E-state index contributed by atoms with van der Waals surface area (Å²) in [6.07, 6.45) is 9.43. The number of halogens is 2. The second-order valence-corrected chi connectivity index (χ2v) is 30.3. The van der Waals surface area contributed by atoms with E-state index in [1.54, 1.807) is 0 Å². The quantitative estimate of drug-likeness (QED) is 0.0874. The van der Waals surface area contributed by atoms with Gasteiger partial charge in [0.15, 0.2) is 7.98 Å². The first-order valence-electron chi connectivity index (χ1n) is 20.3. The molecule has 0 heterocycles. The first-order valence-corrected chi connectivity index (χ1v) is 33.5. The van der Waals surface area contributed by atoms with Crippen LogP contribution in [0.5, 0.6) is 0 Å². The van der Waals surface area contributed by atoms with Crippen LogP contribution in [-0.2, 0) is 46.5 Å². The van der Waals surface area contributed by atoms with E-state index in [1.165, 1.54) is 105 Å². The molecule has 0 spiro atoms. The minimum absolute atomic E-state index is 0.826. The van der Waals surface area contributed by atoms with Crippen LogP contribution in [0, 0.1) is 0 Å². The molecule has 0 amide bonds. The van der Waals surface area contributed by atoms with Crippen molar-refractivity contribution in [1.29, 1.82) is 0 Å². The fraction of sp³-hybridized carbons (Fsp3) is 0.375. The van der Waals surface area contributed by atoms with E-state index in [4.69, 9.17) is 25.0 Å². The fourth-order valence-electron chi connectivity index (χ4n) is 7.48. The monoisotopic (exact) mass is 881 g/mol. The molecule has 0 aliphatic rings. The van der Waals surface area contributed by atoms with Crippen LogP contribution in [0.25, 0.3) is 43.8 Å². The zero-order valence-electron chi connectivity index (χ0n) is 35.3. The van der Waals surface area contributed by atoms with Crippen LogP contribution < -0.4 is 0 Å². The normalized spacial score (nSPS) is 11.3. The molecule has 0 saturated carbocycles. The molecule has 0 aliphatic heterocycles. The Bertz CT molecular complexity index is 1880. The molecular formula is C48H64BCl2NSi2Zr. The molecule has 6 aromatic carbocycles.